The van der Waals surface area contributed by atoms with E-state index in [1.807, 2.05) is 6.08 Å². The van der Waals surface area contributed by atoms with Crippen LogP contribution in [0.3, 0.4) is 0 Å². The van der Waals surface area contributed by atoms with Gasteiger partial charge in [0.2, 0.25) is 0 Å². The molecule has 2 aliphatic rings. The molecule has 0 fully saturated rings. The van der Waals surface area contributed by atoms with Crippen molar-refractivity contribution >= 4 is 23.0 Å². The van der Waals surface area contributed by atoms with E-state index in [1.165, 1.54) is 33.4 Å². The third-order valence-corrected chi connectivity index (χ3v) is 7.76. The lowest BCUT2D eigenvalue weighted by molar-refractivity contribution is 0.660. The van der Waals surface area contributed by atoms with Crippen LogP contribution in [0.1, 0.15) is 37.8 Å². The highest BCUT2D eigenvalue weighted by Gasteiger charge is 2.35. The topological polar surface area (TPSA) is 3.24 Å². The smallest absolute Gasteiger partial charge is 0.0601 e. The molecule has 2 aliphatic carbocycles. The molecule has 0 saturated carbocycles. The molecule has 0 bridgehead atoms. The monoisotopic (exact) mass is 473 g/mol. The van der Waals surface area contributed by atoms with E-state index in [9.17, 15) is 0 Å². The number of anilines is 2. The summed E-state index contributed by atoms with van der Waals surface area (Å²) in [6.45, 7) is 4.66. The minimum absolute atomic E-state index is 0.0462. The van der Waals surface area contributed by atoms with Gasteiger partial charge in [0, 0.05) is 22.5 Å². The van der Waals surface area contributed by atoms with Crippen molar-refractivity contribution in [1.82, 2.24) is 0 Å². The Morgan fingerprint density at radius 3 is 2.11 bits per heavy atom. The van der Waals surface area contributed by atoms with Crippen molar-refractivity contribution in [3.63, 3.8) is 0 Å². The van der Waals surface area contributed by atoms with E-state index < -0.39 is 0 Å². The van der Waals surface area contributed by atoms with Gasteiger partial charge in [-0.1, -0.05) is 104 Å². The number of hydrogen-bond donors (Lipinski definition) is 0. The van der Waals surface area contributed by atoms with Gasteiger partial charge >= 0.3 is 0 Å². The molecule has 35 heavy (non-hydrogen) atoms. The summed E-state index contributed by atoms with van der Waals surface area (Å²) in [5.41, 5.74) is 11.2. The largest absolute Gasteiger partial charge is 0.313 e. The first-order valence-electron chi connectivity index (χ1n) is 12.3. The normalized spacial score (nSPS) is 15.6. The minimum Gasteiger partial charge on any atom is -0.313 e. The average Bonchev–Trinajstić information content (AvgIpc) is 3.13. The first-order chi connectivity index (χ1) is 17.0. The summed E-state index contributed by atoms with van der Waals surface area (Å²) in [7, 11) is 0. The molecule has 4 aromatic rings. The zero-order chi connectivity index (χ0) is 24.0. The summed E-state index contributed by atoms with van der Waals surface area (Å²) >= 11 is 6.80. The maximum Gasteiger partial charge on any atom is 0.0601 e. The first kappa shape index (κ1) is 21.9. The third-order valence-electron chi connectivity index (χ3n) is 7.42. The van der Waals surface area contributed by atoms with E-state index in [4.69, 9.17) is 11.6 Å². The zero-order valence-electron chi connectivity index (χ0n) is 20.1. The molecule has 0 atom stereocenters. The molecule has 0 unspecified atom stereocenters. The van der Waals surface area contributed by atoms with E-state index in [1.54, 1.807) is 0 Å². The Hall–Kier alpha value is -3.55. The number of allylic oxidation sites excluding steroid dienone is 4. The molecule has 0 radical (unpaired) electrons. The third kappa shape index (κ3) is 3.72. The van der Waals surface area contributed by atoms with Crippen molar-refractivity contribution in [2.45, 2.75) is 32.1 Å². The molecule has 0 aliphatic heterocycles. The van der Waals surface area contributed by atoms with Crippen LogP contribution < -0.4 is 4.90 Å². The van der Waals surface area contributed by atoms with Crippen LogP contribution in [0.2, 0.25) is 0 Å². The maximum absolute atomic E-state index is 6.80. The van der Waals surface area contributed by atoms with E-state index in [-0.39, 0.29) is 5.41 Å². The fourth-order valence-corrected chi connectivity index (χ4v) is 5.83. The summed E-state index contributed by atoms with van der Waals surface area (Å²) in [6, 6.07) is 35.1. The van der Waals surface area contributed by atoms with Crippen molar-refractivity contribution in [2.75, 3.05) is 4.90 Å². The Morgan fingerprint density at radius 2 is 1.34 bits per heavy atom. The van der Waals surface area contributed by atoms with Crippen molar-refractivity contribution in [2.24, 2.45) is 0 Å². The SMILES string of the molecule is CC1(C)c2ccccc2-c2ccc(N(C3=C(Cl)C=CCC3)c3ccc(-c4ccccc4)cc3)cc21. The fraction of sp³-hybridized carbons (Fsp3) is 0.152. The zero-order valence-corrected chi connectivity index (χ0v) is 20.9. The molecule has 0 spiro atoms. The summed E-state index contributed by atoms with van der Waals surface area (Å²) in [6.07, 6.45) is 6.10. The van der Waals surface area contributed by atoms with Gasteiger partial charge in [-0.05, 0) is 76.6 Å². The highest BCUT2D eigenvalue weighted by molar-refractivity contribution is 6.32. The van der Waals surface area contributed by atoms with Crippen molar-refractivity contribution in [1.29, 1.82) is 0 Å². The van der Waals surface area contributed by atoms with Gasteiger partial charge in [-0.25, -0.2) is 0 Å². The number of benzene rings is 4. The number of nitrogens with zero attached hydrogens (tertiary/aromatic N) is 1. The molecular formula is C33H28ClN. The van der Waals surface area contributed by atoms with Gasteiger partial charge in [0.05, 0.1) is 5.03 Å². The number of rotatable bonds is 4. The molecule has 4 aromatic carbocycles. The summed E-state index contributed by atoms with van der Waals surface area (Å²) in [5.74, 6) is 0. The van der Waals surface area contributed by atoms with Crippen LogP contribution in [0.5, 0.6) is 0 Å². The first-order valence-corrected chi connectivity index (χ1v) is 12.7. The van der Waals surface area contributed by atoms with Crippen LogP contribution in [-0.4, -0.2) is 0 Å². The Bertz CT molecular complexity index is 1460. The lowest BCUT2D eigenvalue weighted by Gasteiger charge is -2.31. The van der Waals surface area contributed by atoms with Crippen molar-refractivity contribution in [3.05, 3.63) is 131 Å². The van der Waals surface area contributed by atoms with Gasteiger partial charge in [0.25, 0.3) is 0 Å². The van der Waals surface area contributed by atoms with Gasteiger partial charge in [0.15, 0.2) is 0 Å². The molecule has 2 heteroatoms. The van der Waals surface area contributed by atoms with E-state index >= 15 is 0 Å². The predicted octanol–water partition coefficient (Wildman–Crippen LogP) is 9.60. The van der Waals surface area contributed by atoms with Crippen LogP contribution in [0.15, 0.2) is 120 Å². The fourth-order valence-electron chi connectivity index (χ4n) is 5.57. The second kappa shape index (κ2) is 8.59. The van der Waals surface area contributed by atoms with E-state index in [0.717, 1.165) is 34.9 Å². The molecule has 172 valence electrons. The summed E-state index contributed by atoms with van der Waals surface area (Å²) < 4.78 is 0. The summed E-state index contributed by atoms with van der Waals surface area (Å²) in [5, 5.41) is 0.812. The van der Waals surface area contributed by atoms with Gasteiger partial charge in [0.1, 0.15) is 0 Å². The highest BCUT2D eigenvalue weighted by atomic mass is 35.5. The Labute approximate surface area is 213 Å². The van der Waals surface area contributed by atoms with Gasteiger partial charge in [-0.15, -0.1) is 0 Å². The molecule has 6 rings (SSSR count). The van der Waals surface area contributed by atoms with Gasteiger partial charge < -0.3 is 4.90 Å². The minimum atomic E-state index is -0.0462. The summed E-state index contributed by atoms with van der Waals surface area (Å²) in [4.78, 5) is 2.35. The maximum atomic E-state index is 6.80. The van der Waals surface area contributed by atoms with Crippen molar-refractivity contribution in [3.8, 4) is 22.3 Å². The van der Waals surface area contributed by atoms with Crippen LogP contribution in [-0.2, 0) is 5.41 Å². The molecule has 0 amide bonds. The van der Waals surface area contributed by atoms with Crippen LogP contribution in [0.4, 0.5) is 11.4 Å². The Kier molecular flexibility index (Phi) is 5.39. The predicted molar refractivity (Wildman–Crippen MR) is 149 cm³/mol. The molecular weight excluding hydrogens is 446 g/mol. The second-order valence-electron chi connectivity index (χ2n) is 9.88. The second-order valence-corrected chi connectivity index (χ2v) is 10.3. The Morgan fingerprint density at radius 1 is 0.686 bits per heavy atom. The van der Waals surface area contributed by atoms with Crippen LogP contribution in [0.25, 0.3) is 22.3 Å². The van der Waals surface area contributed by atoms with Crippen molar-refractivity contribution < 1.29 is 0 Å². The quantitative estimate of drug-likeness (QED) is 0.285. The molecule has 0 N–H and O–H groups in total. The number of fused-ring (bicyclic) bond motifs is 3. The number of halogens is 1. The lowest BCUT2D eigenvalue weighted by Crippen LogP contribution is -2.20. The van der Waals surface area contributed by atoms with E-state index in [0.29, 0.717) is 0 Å². The molecule has 0 heterocycles. The molecule has 0 saturated heterocycles. The standard InChI is InChI=1S/C33H28ClN/c1-33(2)29-13-7-6-12-27(29)28-21-20-26(22-30(28)33)35(32-15-9-8-14-31(32)34)25-18-16-24(17-19-25)23-10-4-3-5-11-23/h3-8,10-14,16-22H,9,15H2,1-2H3. The van der Waals surface area contributed by atoms with Crippen LogP contribution >= 0.6 is 11.6 Å². The van der Waals surface area contributed by atoms with Gasteiger partial charge in [-0.2, -0.15) is 0 Å². The molecule has 0 aromatic heterocycles. The van der Waals surface area contributed by atoms with Gasteiger partial charge in [-0.3, -0.25) is 0 Å². The average molecular weight is 474 g/mol. The van der Waals surface area contributed by atoms with Crippen LogP contribution in [0, 0.1) is 0 Å². The molecule has 1 nitrogen and oxygen atoms in total. The Balaban J connectivity index is 1.48. The number of hydrogen-bond acceptors (Lipinski definition) is 1. The highest BCUT2D eigenvalue weighted by Crippen LogP contribution is 2.50. The van der Waals surface area contributed by atoms with E-state index in [2.05, 4.69) is 122 Å². The lowest BCUT2D eigenvalue weighted by atomic mass is 9.82.